The van der Waals surface area contributed by atoms with E-state index in [0.29, 0.717) is 6.54 Å². The van der Waals surface area contributed by atoms with Crippen molar-refractivity contribution in [1.29, 1.82) is 0 Å². The molecular weight excluding hydrogens is 314 g/mol. The van der Waals surface area contributed by atoms with Crippen LogP contribution < -0.4 is 0 Å². The van der Waals surface area contributed by atoms with Gasteiger partial charge < -0.3 is 5.11 Å². The lowest BCUT2D eigenvalue weighted by atomic mass is 10.3. The van der Waals surface area contributed by atoms with E-state index in [2.05, 4.69) is 15.9 Å². The number of aliphatic hydroxyl groups excluding tert-OH is 1. The Morgan fingerprint density at radius 1 is 1.56 bits per heavy atom. The van der Waals surface area contributed by atoms with Gasteiger partial charge in [-0.25, -0.2) is 12.7 Å². The van der Waals surface area contributed by atoms with E-state index in [9.17, 15) is 8.42 Å². The van der Waals surface area contributed by atoms with Gasteiger partial charge >= 0.3 is 0 Å². The van der Waals surface area contributed by atoms with Crippen LogP contribution in [0.3, 0.4) is 0 Å². The summed E-state index contributed by atoms with van der Waals surface area (Å²) in [6.07, 6.45) is 0.278. The van der Waals surface area contributed by atoms with E-state index in [1.807, 2.05) is 11.4 Å². The zero-order valence-electron chi connectivity index (χ0n) is 8.89. The molecule has 0 bridgehead atoms. The van der Waals surface area contributed by atoms with Crippen molar-refractivity contribution in [2.24, 2.45) is 0 Å². The number of rotatable bonds is 6. The molecule has 1 aromatic rings. The molecule has 0 aliphatic heterocycles. The lowest BCUT2D eigenvalue weighted by Gasteiger charge is -2.15. The van der Waals surface area contributed by atoms with Crippen LogP contribution in [-0.4, -0.2) is 37.2 Å². The van der Waals surface area contributed by atoms with E-state index >= 15 is 0 Å². The minimum Gasteiger partial charge on any atom is -0.396 e. The van der Waals surface area contributed by atoms with Crippen LogP contribution in [0.2, 0.25) is 0 Å². The Hall–Kier alpha value is 0.0500. The third-order valence-electron chi connectivity index (χ3n) is 2.06. The van der Waals surface area contributed by atoms with Crippen molar-refractivity contribution in [3.8, 4) is 0 Å². The van der Waals surface area contributed by atoms with Crippen LogP contribution in [0.25, 0.3) is 0 Å². The number of hydrogen-bond donors (Lipinski definition) is 1. The van der Waals surface area contributed by atoms with Crippen LogP contribution in [0.1, 0.15) is 12.0 Å². The summed E-state index contributed by atoms with van der Waals surface area (Å²) in [5.41, 5.74) is 0.965. The average Bonchev–Trinajstić information content (AvgIpc) is 2.61. The molecule has 0 fully saturated rings. The predicted octanol–water partition coefficient (Wildman–Crippen LogP) is 1.65. The summed E-state index contributed by atoms with van der Waals surface area (Å²) in [6.45, 7) is 0.271. The van der Waals surface area contributed by atoms with Crippen molar-refractivity contribution in [3.63, 3.8) is 0 Å². The molecule has 0 aliphatic carbocycles. The van der Waals surface area contributed by atoms with Crippen LogP contribution in [0.5, 0.6) is 0 Å². The Labute approximate surface area is 108 Å². The number of nitrogens with zero attached hydrogens (tertiary/aromatic N) is 1. The van der Waals surface area contributed by atoms with E-state index in [1.165, 1.54) is 15.6 Å². The zero-order valence-corrected chi connectivity index (χ0v) is 12.1. The predicted molar refractivity (Wildman–Crippen MR) is 69.0 cm³/mol. The normalized spacial score (nSPS) is 12.2. The minimum absolute atomic E-state index is 0.00862. The fourth-order valence-corrected chi connectivity index (χ4v) is 3.54. The number of halogens is 1. The molecule has 92 valence electrons. The first-order chi connectivity index (χ1) is 7.45. The second-order valence-corrected chi connectivity index (χ2v) is 7.89. The van der Waals surface area contributed by atoms with Gasteiger partial charge in [0.1, 0.15) is 0 Å². The second kappa shape index (κ2) is 6.11. The quantitative estimate of drug-likeness (QED) is 0.864. The summed E-state index contributed by atoms with van der Waals surface area (Å²) in [4.78, 5) is 0. The van der Waals surface area contributed by atoms with Gasteiger partial charge in [0.25, 0.3) is 0 Å². The van der Waals surface area contributed by atoms with E-state index in [-0.39, 0.29) is 18.8 Å². The third-order valence-corrected chi connectivity index (χ3v) is 5.50. The first-order valence-electron chi connectivity index (χ1n) is 4.73. The van der Waals surface area contributed by atoms with Crippen molar-refractivity contribution in [2.45, 2.75) is 13.0 Å². The Morgan fingerprint density at radius 2 is 2.25 bits per heavy atom. The molecule has 1 rings (SSSR count). The molecule has 16 heavy (non-hydrogen) atoms. The fraction of sp³-hybridized carbons (Fsp3) is 0.556. The van der Waals surface area contributed by atoms with Gasteiger partial charge in [-0.2, -0.15) is 0 Å². The Morgan fingerprint density at radius 3 is 2.75 bits per heavy atom. The van der Waals surface area contributed by atoms with Crippen molar-refractivity contribution >= 4 is 37.3 Å². The van der Waals surface area contributed by atoms with Crippen LogP contribution in [0.4, 0.5) is 0 Å². The summed E-state index contributed by atoms with van der Waals surface area (Å²) >= 11 is 4.86. The molecule has 1 N–H and O–H groups in total. The average molecular weight is 328 g/mol. The van der Waals surface area contributed by atoms with Crippen LogP contribution in [0.15, 0.2) is 15.2 Å². The minimum atomic E-state index is -3.25. The van der Waals surface area contributed by atoms with Gasteiger partial charge in [0.15, 0.2) is 0 Å². The molecule has 0 aromatic carbocycles. The number of thiophene rings is 1. The molecule has 0 spiro atoms. The highest BCUT2D eigenvalue weighted by atomic mass is 79.9. The second-order valence-electron chi connectivity index (χ2n) is 3.41. The van der Waals surface area contributed by atoms with Gasteiger partial charge in [0.2, 0.25) is 10.0 Å². The van der Waals surface area contributed by atoms with Gasteiger partial charge in [-0.1, -0.05) is 0 Å². The summed E-state index contributed by atoms with van der Waals surface area (Å²) in [6, 6.07) is 1.91. The number of sulfonamides is 1. The Bertz CT molecular complexity index is 430. The molecule has 0 aliphatic rings. The van der Waals surface area contributed by atoms with E-state index < -0.39 is 10.0 Å². The topological polar surface area (TPSA) is 57.6 Å². The molecule has 0 radical (unpaired) electrons. The smallest absolute Gasteiger partial charge is 0.214 e. The molecule has 0 atom stereocenters. The summed E-state index contributed by atoms with van der Waals surface area (Å²) < 4.78 is 25.7. The molecule has 7 heteroatoms. The largest absolute Gasteiger partial charge is 0.396 e. The van der Waals surface area contributed by atoms with E-state index in [4.69, 9.17) is 5.11 Å². The molecule has 0 saturated carbocycles. The molecule has 0 saturated heterocycles. The molecule has 1 aromatic heterocycles. The first kappa shape index (κ1) is 14.1. The standard InChI is InChI=1S/C9H14BrNO3S2/c1-11(16(13,14)4-2-3-12)6-8-5-9(10)15-7-8/h5,7,12H,2-4,6H2,1H3. The molecule has 0 unspecified atom stereocenters. The van der Waals surface area contributed by atoms with Gasteiger partial charge in [-0.15, -0.1) is 11.3 Å². The molecule has 0 amide bonds. The van der Waals surface area contributed by atoms with Crippen LogP contribution >= 0.6 is 27.3 Å². The maximum absolute atomic E-state index is 11.7. The van der Waals surface area contributed by atoms with Gasteiger partial charge in [-0.3, -0.25) is 0 Å². The lowest BCUT2D eigenvalue weighted by Crippen LogP contribution is -2.29. The van der Waals surface area contributed by atoms with Gasteiger partial charge in [0, 0.05) is 20.2 Å². The van der Waals surface area contributed by atoms with E-state index in [1.54, 1.807) is 7.05 Å². The number of aliphatic hydroxyl groups is 1. The summed E-state index contributed by atoms with van der Waals surface area (Å²) in [5, 5.41) is 10.5. The van der Waals surface area contributed by atoms with Crippen molar-refractivity contribution in [3.05, 3.63) is 20.8 Å². The van der Waals surface area contributed by atoms with Gasteiger partial charge in [0.05, 0.1) is 9.54 Å². The highest BCUT2D eigenvalue weighted by Crippen LogP contribution is 2.22. The Balaban J connectivity index is 2.61. The summed E-state index contributed by atoms with van der Waals surface area (Å²) in [5.74, 6) is -0.00862. The molecule has 1 heterocycles. The molecular formula is C9H14BrNO3S2. The van der Waals surface area contributed by atoms with Crippen LogP contribution in [0, 0.1) is 0 Å². The maximum Gasteiger partial charge on any atom is 0.214 e. The third kappa shape index (κ3) is 4.14. The van der Waals surface area contributed by atoms with Gasteiger partial charge in [-0.05, 0) is 39.4 Å². The Kier molecular flexibility index (Phi) is 5.39. The lowest BCUT2D eigenvalue weighted by molar-refractivity contribution is 0.294. The monoisotopic (exact) mass is 327 g/mol. The SMILES string of the molecule is CN(Cc1csc(Br)c1)S(=O)(=O)CCCO. The highest BCUT2D eigenvalue weighted by molar-refractivity contribution is 9.11. The zero-order chi connectivity index (χ0) is 12.2. The fourth-order valence-electron chi connectivity index (χ4n) is 1.19. The van der Waals surface area contributed by atoms with Crippen molar-refractivity contribution in [2.75, 3.05) is 19.4 Å². The first-order valence-corrected chi connectivity index (χ1v) is 8.01. The number of hydrogen-bond acceptors (Lipinski definition) is 4. The summed E-state index contributed by atoms with van der Waals surface area (Å²) in [7, 11) is -1.69. The van der Waals surface area contributed by atoms with Crippen molar-refractivity contribution in [1.82, 2.24) is 4.31 Å². The van der Waals surface area contributed by atoms with E-state index in [0.717, 1.165) is 9.35 Å². The van der Waals surface area contributed by atoms with Crippen LogP contribution in [-0.2, 0) is 16.6 Å². The highest BCUT2D eigenvalue weighted by Gasteiger charge is 2.17. The van der Waals surface area contributed by atoms with Crippen molar-refractivity contribution < 1.29 is 13.5 Å². The molecule has 4 nitrogen and oxygen atoms in total. The maximum atomic E-state index is 11.7.